The Balaban J connectivity index is 1.69. The summed E-state index contributed by atoms with van der Waals surface area (Å²) < 4.78 is 5.80. The van der Waals surface area contributed by atoms with Crippen LogP contribution in [-0.2, 0) is 0 Å². The molecule has 1 aromatic heterocycles. The first kappa shape index (κ1) is 14.9. The van der Waals surface area contributed by atoms with Gasteiger partial charge in [-0.25, -0.2) is 0 Å². The molecular formula is C18H22N2O2. The van der Waals surface area contributed by atoms with Crippen molar-refractivity contribution in [2.24, 2.45) is 0 Å². The van der Waals surface area contributed by atoms with Crippen molar-refractivity contribution in [1.82, 2.24) is 10.2 Å². The highest BCUT2D eigenvalue weighted by atomic mass is 16.3. The number of likely N-dealkylation sites (tertiary alicyclic amines) is 1. The normalized spacial score (nSPS) is 16.6. The lowest BCUT2D eigenvalue weighted by atomic mass is 10.1. The molecule has 116 valence electrons. The van der Waals surface area contributed by atoms with Crippen LogP contribution in [0.25, 0.3) is 0 Å². The van der Waals surface area contributed by atoms with Crippen molar-refractivity contribution in [3.63, 3.8) is 0 Å². The van der Waals surface area contributed by atoms with E-state index in [-0.39, 0.29) is 11.9 Å². The molecule has 3 rings (SSSR count). The standard InChI is InChI=1S/C18H22N2O2/c1-14-9-10-17(22-14)16(20-11-5-6-12-20)13-19-18(21)15-7-3-2-4-8-15/h2-4,7-10,16H,5-6,11-13H2,1H3,(H,19,21). The fourth-order valence-corrected chi connectivity index (χ4v) is 2.98. The summed E-state index contributed by atoms with van der Waals surface area (Å²) in [5, 5.41) is 3.04. The Kier molecular flexibility index (Phi) is 4.59. The molecule has 1 fully saturated rings. The van der Waals surface area contributed by atoms with Gasteiger partial charge < -0.3 is 9.73 Å². The number of aryl methyl sites for hydroxylation is 1. The number of amides is 1. The van der Waals surface area contributed by atoms with Crippen molar-refractivity contribution >= 4 is 5.91 Å². The Labute approximate surface area is 131 Å². The highest BCUT2D eigenvalue weighted by molar-refractivity contribution is 5.94. The van der Waals surface area contributed by atoms with Gasteiger partial charge >= 0.3 is 0 Å². The van der Waals surface area contributed by atoms with Gasteiger partial charge in [0.15, 0.2) is 0 Å². The minimum atomic E-state index is -0.0342. The van der Waals surface area contributed by atoms with E-state index in [9.17, 15) is 4.79 Å². The van der Waals surface area contributed by atoms with E-state index in [0.717, 1.165) is 24.6 Å². The van der Waals surface area contributed by atoms with E-state index in [1.807, 2.05) is 49.4 Å². The molecule has 2 aromatic rings. The van der Waals surface area contributed by atoms with Crippen LogP contribution in [-0.4, -0.2) is 30.4 Å². The molecule has 0 bridgehead atoms. The number of hydrogen-bond acceptors (Lipinski definition) is 3. The molecule has 0 radical (unpaired) electrons. The van der Waals surface area contributed by atoms with Crippen molar-refractivity contribution < 1.29 is 9.21 Å². The van der Waals surface area contributed by atoms with Gasteiger partial charge in [0.1, 0.15) is 11.5 Å². The highest BCUT2D eigenvalue weighted by Gasteiger charge is 2.26. The number of carbonyl (C=O) groups excluding carboxylic acids is 1. The monoisotopic (exact) mass is 298 g/mol. The maximum Gasteiger partial charge on any atom is 0.251 e. The Morgan fingerprint density at radius 1 is 1.18 bits per heavy atom. The van der Waals surface area contributed by atoms with Gasteiger partial charge in [-0.2, -0.15) is 0 Å². The maximum atomic E-state index is 12.2. The average molecular weight is 298 g/mol. The maximum absolute atomic E-state index is 12.2. The SMILES string of the molecule is Cc1ccc(C(CNC(=O)c2ccccc2)N2CCCC2)o1. The molecule has 22 heavy (non-hydrogen) atoms. The summed E-state index contributed by atoms with van der Waals surface area (Å²) in [4.78, 5) is 14.6. The summed E-state index contributed by atoms with van der Waals surface area (Å²) in [5.74, 6) is 1.81. The van der Waals surface area contributed by atoms with Gasteiger partial charge in [0.2, 0.25) is 0 Å². The lowest BCUT2D eigenvalue weighted by Gasteiger charge is -2.26. The molecule has 4 heteroatoms. The molecule has 0 saturated carbocycles. The average Bonchev–Trinajstić information content (AvgIpc) is 3.21. The zero-order chi connectivity index (χ0) is 15.4. The summed E-state index contributed by atoms with van der Waals surface area (Å²) in [6, 6.07) is 13.4. The molecule has 1 saturated heterocycles. The van der Waals surface area contributed by atoms with Gasteiger partial charge in [-0.05, 0) is 57.1 Å². The van der Waals surface area contributed by atoms with Crippen LogP contribution >= 0.6 is 0 Å². The summed E-state index contributed by atoms with van der Waals surface area (Å²) in [7, 11) is 0. The van der Waals surface area contributed by atoms with Gasteiger partial charge in [-0.1, -0.05) is 18.2 Å². The van der Waals surface area contributed by atoms with E-state index in [4.69, 9.17) is 4.42 Å². The second kappa shape index (κ2) is 6.79. The first-order chi connectivity index (χ1) is 10.7. The van der Waals surface area contributed by atoms with E-state index in [0.29, 0.717) is 12.1 Å². The second-order valence-electron chi connectivity index (χ2n) is 5.78. The van der Waals surface area contributed by atoms with Crippen molar-refractivity contribution in [2.75, 3.05) is 19.6 Å². The lowest BCUT2D eigenvalue weighted by Crippen LogP contribution is -2.36. The number of furan rings is 1. The smallest absolute Gasteiger partial charge is 0.251 e. The fraction of sp³-hybridized carbons (Fsp3) is 0.389. The van der Waals surface area contributed by atoms with Crippen molar-refractivity contribution in [3.05, 3.63) is 59.5 Å². The number of nitrogens with zero attached hydrogens (tertiary/aromatic N) is 1. The third-order valence-corrected chi connectivity index (χ3v) is 4.16. The van der Waals surface area contributed by atoms with Crippen LogP contribution in [0.4, 0.5) is 0 Å². The van der Waals surface area contributed by atoms with Crippen LogP contribution in [0.1, 0.15) is 40.8 Å². The molecule has 1 atom stereocenters. The van der Waals surface area contributed by atoms with Crippen LogP contribution in [0, 0.1) is 6.92 Å². The van der Waals surface area contributed by atoms with Gasteiger partial charge in [0.05, 0.1) is 6.04 Å². The molecule has 1 aliphatic heterocycles. The Bertz CT molecular complexity index is 615. The van der Waals surface area contributed by atoms with Crippen LogP contribution in [0.3, 0.4) is 0 Å². The van der Waals surface area contributed by atoms with Crippen LogP contribution in [0.5, 0.6) is 0 Å². The van der Waals surface area contributed by atoms with Gasteiger partial charge in [0.25, 0.3) is 5.91 Å². The third kappa shape index (κ3) is 3.39. The minimum absolute atomic E-state index is 0.0342. The number of nitrogens with one attached hydrogen (secondary N) is 1. The zero-order valence-electron chi connectivity index (χ0n) is 12.9. The second-order valence-corrected chi connectivity index (χ2v) is 5.78. The summed E-state index contributed by atoms with van der Waals surface area (Å²) >= 11 is 0. The first-order valence-electron chi connectivity index (χ1n) is 7.87. The highest BCUT2D eigenvalue weighted by Crippen LogP contribution is 2.26. The van der Waals surface area contributed by atoms with E-state index < -0.39 is 0 Å². The predicted octanol–water partition coefficient (Wildman–Crippen LogP) is 3.15. The number of rotatable bonds is 5. The topological polar surface area (TPSA) is 45.5 Å². The van der Waals surface area contributed by atoms with Gasteiger partial charge in [-0.3, -0.25) is 9.69 Å². The summed E-state index contributed by atoms with van der Waals surface area (Å²) in [6.07, 6.45) is 2.42. The van der Waals surface area contributed by atoms with Gasteiger partial charge in [-0.15, -0.1) is 0 Å². The molecule has 0 spiro atoms. The molecule has 2 heterocycles. The van der Waals surface area contributed by atoms with Gasteiger partial charge in [0, 0.05) is 12.1 Å². The molecule has 1 N–H and O–H groups in total. The zero-order valence-corrected chi connectivity index (χ0v) is 12.9. The van der Waals surface area contributed by atoms with Crippen molar-refractivity contribution in [2.45, 2.75) is 25.8 Å². The van der Waals surface area contributed by atoms with Crippen molar-refractivity contribution in [3.8, 4) is 0 Å². The molecule has 0 aliphatic carbocycles. The largest absolute Gasteiger partial charge is 0.465 e. The van der Waals surface area contributed by atoms with E-state index in [1.54, 1.807) is 0 Å². The van der Waals surface area contributed by atoms with Crippen LogP contribution in [0.15, 0.2) is 46.9 Å². The lowest BCUT2D eigenvalue weighted by molar-refractivity contribution is 0.0933. The van der Waals surface area contributed by atoms with Crippen LogP contribution < -0.4 is 5.32 Å². The predicted molar refractivity (Wildman–Crippen MR) is 85.8 cm³/mol. The van der Waals surface area contributed by atoms with Crippen LogP contribution in [0.2, 0.25) is 0 Å². The molecule has 1 aromatic carbocycles. The fourth-order valence-electron chi connectivity index (χ4n) is 2.98. The third-order valence-electron chi connectivity index (χ3n) is 4.16. The van der Waals surface area contributed by atoms with E-state index in [1.165, 1.54) is 12.8 Å². The summed E-state index contributed by atoms with van der Waals surface area (Å²) in [5.41, 5.74) is 0.693. The Morgan fingerprint density at radius 3 is 2.55 bits per heavy atom. The quantitative estimate of drug-likeness (QED) is 0.922. The van der Waals surface area contributed by atoms with E-state index in [2.05, 4.69) is 10.2 Å². The molecule has 1 amide bonds. The Hall–Kier alpha value is -2.07. The van der Waals surface area contributed by atoms with Crippen molar-refractivity contribution in [1.29, 1.82) is 0 Å². The summed E-state index contributed by atoms with van der Waals surface area (Å²) in [6.45, 7) is 4.64. The number of carbonyl (C=O) groups is 1. The molecule has 4 nitrogen and oxygen atoms in total. The Morgan fingerprint density at radius 2 is 1.91 bits per heavy atom. The first-order valence-corrected chi connectivity index (χ1v) is 7.87. The molecule has 1 aliphatic rings. The number of hydrogen-bond donors (Lipinski definition) is 1. The van der Waals surface area contributed by atoms with E-state index >= 15 is 0 Å². The number of benzene rings is 1. The molecular weight excluding hydrogens is 276 g/mol. The minimum Gasteiger partial charge on any atom is -0.465 e. The molecule has 1 unspecified atom stereocenters.